The Kier molecular flexibility index (Phi) is 5.26. The topological polar surface area (TPSA) is 62.5 Å². The molecule has 4 heterocycles. The Balaban J connectivity index is 1.65. The molecule has 1 aromatic carbocycles. The Morgan fingerprint density at radius 1 is 0.875 bits per heavy atom. The van der Waals surface area contributed by atoms with Gasteiger partial charge >= 0.3 is 0 Å². The predicted octanol–water partition coefficient (Wildman–Crippen LogP) is 3.66. The summed E-state index contributed by atoms with van der Waals surface area (Å²) < 4.78 is 29.4. The van der Waals surface area contributed by atoms with Crippen molar-refractivity contribution in [1.82, 2.24) is 29.7 Å². The van der Waals surface area contributed by atoms with E-state index in [1.54, 1.807) is 29.2 Å². The minimum absolute atomic E-state index is 0.491. The van der Waals surface area contributed by atoms with Crippen LogP contribution in [0.3, 0.4) is 0 Å². The van der Waals surface area contributed by atoms with Crippen LogP contribution in [0.4, 0.5) is 14.6 Å². The molecular formula is C23H23F2N7. The Hall–Kier alpha value is -3.46. The van der Waals surface area contributed by atoms with Gasteiger partial charge in [0.25, 0.3) is 0 Å². The summed E-state index contributed by atoms with van der Waals surface area (Å²) in [4.78, 5) is 9.20. The zero-order valence-corrected chi connectivity index (χ0v) is 17.9. The van der Waals surface area contributed by atoms with E-state index in [-0.39, 0.29) is 0 Å². The molecule has 1 saturated heterocycles. The molecule has 0 spiro atoms. The fourth-order valence-corrected chi connectivity index (χ4v) is 4.09. The Morgan fingerprint density at radius 3 is 2.38 bits per heavy atom. The number of benzene rings is 1. The number of aromatic nitrogens is 5. The Bertz CT molecular complexity index is 1250. The van der Waals surface area contributed by atoms with Crippen molar-refractivity contribution in [3.05, 3.63) is 60.6 Å². The van der Waals surface area contributed by atoms with Crippen LogP contribution >= 0.6 is 0 Å². The lowest BCUT2D eigenvalue weighted by atomic mass is 10.1. The first-order valence-electron chi connectivity index (χ1n) is 10.6. The summed E-state index contributed by atoms with van der Waals surface area (Å²) in [6, 6.07) is 8.14. The highest BCUT2D eigenvalue weighted by Gasteiger charge is 2.23. The highest BCUT2D eigenvalue weighted by Crippen LogP contribution is 2.31. The third-order valence-electron chi connectivity index (χ3n) is 5.93. The number of imidazole rings is 1. The minimum Gasteiger partial charge on any atom is -0.353 e. The molecule has 0 amide bonds. The van der Waals surface area contributed by atoms with Crippen LogP contribution in [0, 0.1) is 11.6 Å². The monoisotopic (exact) mass is 435 g/mol. The van der Waals surface area contributed by atoms with Crippen molar-refractivity contribution >= 4 is 11.5 Å². The molecule has 3 aromatic heterocycles. The zero-order chi connectivity index (χ0) is 22.2. The molecule has 0 atom stereocenters. The normalized spacial score (nSPS) is 15.1. The number of fused-ring (bicyclic) bond motifs is 1. The maximum atomic E-state index is 14.1. The van der Waals surface area contributed by atoms with E-state index in [0.717, 1.165) is 49.3 Å². The molecule has 7 nitrogen and oxygen atoms in total. The summed E-state index contributed by atoms with van der Waals surface area (Å²) in [5, 5.41) is 12.7. The SMILES string of the molecule is CC(C)N1CCN(c2cc(-c3ccc(F)c(F)c3)c3ncc(-c4ccnnc4)n3n2)CC1. The summed E-state index contributed by atoms with van der Waals surface area (Å²) in [7, 11) is 0. The van der Waals surface area contributed by atoms with Crippen molar-refractivity contribution in [3.8, 4) is 22.4 Å². The summed E-state index contributed by atoms with van der Waals surface area (Å²) in [6.45, 7) is 7.92. The second-order valence-electron chi connectivity index (χ2n) is 8.17. The number of anilines is 1. The highest BCUT2D eigenvalue weighted by molar-refractivity contribution is 5.81. The van der Waals surface area contributed by atoms with E-state index in [0.29, 0.717) is 22.8 Å². The summed E-state index contributed by atoms with van der Waals surface area (Å²) in [6.07, 6.45) is 4.97. The Morgan fingerprint density at radius 2 is 1.69 bits per heavy atom. The number of nitrogens with zero attached hydrogens (tertiary/aromatic N) is 7. The maximum Gasteiger partial charge on any atom is 0.162 e. The second-order valence-corrected chi connectivity index (χ2v) is 8.17. The lowest BCUT2D eigenvalue weighted by molar-refractivity contribution is 0.209. The first kappa shape index (κ1) is 20.4. The first-order valence-corrected chi connectivity index (χ1v) is 10.6. The van der Waals surface area contributed by atoms with E-state index in [1.165, 1.54) is 6.07 Å². The molecule has 1 aliphatic heterocycles. The second kappa shape index (κ2) is 8.23. The van der Waals surface area contributed by atoms with Gasteiger partial charge in [0.05, 0.1) is 24.3 Å². The van der Waals surface area contributed by atoms with Gasteiger partial charge in [-0.2, -0.15) is 10.2 Å². The molecule has 9 heteroatoms. The van der Waals surface area contributed by atoms with Crippen LogP contribution in [-0.4, -0.2) is 61.9 Å². The molecule has 1 aliphatic rings. The number of piperazine rings is 1. The van der Waals surface area contributed by atoms with Crippen LogP contribution in [0.25, 0.3) is 28.0 Å². The van der Waals surface area contributed by atoms with Gasteiger partial charge in [-0.15, -0.1) is 5.10 Å². The van der Waals surface area contributed by atoms with Crippen LogP contribution in [0.5, 0.6) is 0 Å². The van der Waals surface area contributed by atoms with Gasteiger partial charge in [-0.3, -0.25) is 4.90 Å². The third kappa shape index (κ3) is 3.69. The lowest BCUT2D eigenvalue weighted by Gasteiger charge is -2.37. The van der Waals surface area contributed by atoms with Gasteiger partial charge in [0.15, 0.2) is 17.3 Å². The van der Waals surface area contributed by atoms with E-state index < -0.39 is 11.6 Å². The zero-order valence-electron chi connectivity index (χ0n) is 17.9. The number of hydrogen-bond donors (Lipinski definition) is 0. The fraction of sp³-hybridized carbons (Fsp3) is 0.304. The fourth-order valence-electron chi connectivity index (χ4n) is 4.09. The molecule has 32 heavy (non-hydrogen) atoms. The highest BCUT2D eigenvalue weighted by atomic mass is 19.2. The van der Waals surface area contributed by atoms with E-state index in [2.05, 4.69) is 38.8 Å². The van der Waals surface area contributed by atoms with Gasteiger partial charge in [-0.05, 0) is 43.7 Å². The molecule has 0 N–H and O–H groups in total. The van der Waals surface area contributed by atoms with E-state index in [9.17, 15) is 8.78 Å². The van der Waals surface area contributed by atoms with Gasteiger partial charge in [0.1, 0.15) is 5.82 Å². The van der Waals surface area contributed by atoms with Crippen LogP contribution in [0.15, 0.2) is 48.9 Å². The van der Waals surface area contributed by atoms with Gasteiger partial charge in [0.2, 0.25) is 0 Å². The predicted molar refractivity (Wildman–Crippen MR) is 118 cm³/mol. The molecule has 164 valence electrons. The largest absolute Gasteiger partial charge is 0.353 e. The van der Waals surface area contributed by atoms with Crippen molar-refractivity contribution in [3.63, 3.8) is 0 Å². The lowest BCUT2D eigenvalue weighted by Crippen LogP contribution is -2.49. The molecule has 0 unspecified atom stereocenters. The quantitative estimate of drug-likeness (QED) is 0.488. The van der Waals surface area contributed by atoms with Crippen LogP contribution in [0.1, 0.15) is 13.8 Å². The van der Waals surface area contributed by atoms with Gasteiger partial charge < -0.3 is 4.90 Å². The number of hydrogen-bond acceptors (Lipinski definition) is 6. The standard InChI is InChI=1S/C23H23F2N7/c1-15(2)30-7-9-31(10-8-30)22-12-18(16-3-4-19(24)20(25)11-16)23-26-14-21(32(23)29-22)17-5-6-27-28-13-17/h3-6,11-15H,7-10H2,1-2H3. The van der Waals surface area contributed by atoms with Crippen LogP contribution in [-0.2, 0) is 0 Å². The molecule has 0 bridgehead atoms. The van der Waals surface area contributed by atoms with E-state index in [4.69, 9.17) is 5.10 Å². The van der Waals surface area contributed by atoms with Crippen molar-refractivity contribution in [2.75, 3.05) is 31.1 Å². The molecular weight excluding hydrogens is 412 g/mol. The van der Waals surface area contributed by atoms with Crippen molar-refractivity contribution < 1.29 is 8.78 Å². The smallest absolute Gasteiger partial charge is 0.162 e. The van der Waals surface area contributed by atoms with E-state index >= 15 is 0 Å². The van der Waals surface area contributed by atoms with Crippen molar-refractivity contribution in [1.29, 1.82) is 0 Å². The maximum absolute atomic E-state index is 14.1. The van der Waals surface area contributed by atoms with Gasteiger partial charge in [-0.1, -0.05) is 6.07 Å². The summed E-state index contributed by atoms with van der Waals surface area (Å²) in [5.41, 5.74) is 3.36. The van der Waals surface area contributed by atoms with Gasteiger partial charge in [0, 0.05) is 43.3 Å². The molecule has 0 radical (unpaired) electrons. The molecule has 1 fully saturated rings. The first-order chi connectivity index (χ1) is 15.5. The molecule has 0 saturated carbocycles. The van der Waals surface area contributed by atoms with Crippen molar-refractivity contribution in [2.45, 2.75) is 19.9 Å². The van der Waals surface area contributed by atoms with Gasteiger partial charge in [-0.25, -0.2) is 18.3 Å². The average Bonchev–Trinajstić information content (AvgIpc) is 3.25. The number of halogens is 2. The molecule has 5 rings (SSSR count). The van der Waals surface area contributed by atoms with Crippen LogP contribution in [0.2, 0.25) is 0 Å². The minimum atomic E-state index is -0.894. The average molecular weight is 435 g/mol. The van der Waals surface area contributed by atoms with E-state index in [1.807, 2.05) is 12.1 Å². The van der Waals surface area contributed by atoms with Crippen LogP contribution < -0.4 is 4.90 Å². The van der Waals surface area contributed by atoms with Crippen molar-refractivity contribution in [2.24, 2.45) is 0 Å². The molecule has 4 aromatic rings. The Labute approximate surface area is 184 Å². The third-order valence-corrected chi connectivity index (χ3v) is 5.93. The summed E-state index contributed by atoms with van der Waals surface area (Å²) in [5.74, 6) is -1.01. The molecule has 0 aliphatic carbocycles. The number of rotatable bonds is 4. The summed E-state index contributed by atoms with van der Waals surface area (Å²) >= 11 is 0.